The molecule has 1 aromatic carbocycles. The van der Waals surface area contributed by atoms with Gasteiger partial charge in [-0.25, -0.2) is 0 Å². The second-order valence-corrected chi connectivity index (χ2v) is 7.91. The van der Waals surface area contributed by atoms with E-state index in [1.807, 2.05) is 53.4 Å². The van der Waals surface area contributed by atoms with Gasteiger partial charge in [0.2, 0.25) is 5.91 Å². The first-order chi connectivity index (χ1) is 14.2. The zero-order valence-electron chi connectivity index (χ0n) is 16.3. The molecule has 0 saturated carbocycles. The number of hydrogen-bond acceptors (Lipinski definition) is 3. The van der Waals surface area contributed by atoms with Crippen molar-refractivity contribution in [2.24, 2.45) is 0 Å². The summed E-state index contributed by atoms with van der Waals surface area (Å²) in [4.78, 5) is 23.9. The fourth-order valence-electron chi connectivity index (χ4n) is 3.88. The summed E-state index contributed by atoms with van der Waals surface area (Å²) in [5.41, 5.74) is 3.96. The number of carbonyl (C=O) groups is 1. The van der Waals surface area contributed by atoms with Crippen LogP contribution >= 0.6 is 11.6 Å². The minimum Gasteiger partial charge on any atom is -0.342 e. The molecule has 0 spiro atoms. The normalized spacial score (nSPS) is 16.6. The molecule has 0 unspecified atom stereocenters. The molecule has 2 aromatic heterocycles. The lowest BCUT2D eigenvalue weighted by atomic mass is 9.93. The fourth-order valence-corrected chi connectivity index (χ4v) is 4.08. The summed E-state index contributed by atoms with van der Waals surface area (Å²) < 4.78 is 0. The van der Waals surface area contributed by atoms with Crippen LogP contribution in [0.4, 0.5) is 0 Å². The van der Waals surface area contributed by atoms with Crippen LogP contribution in [0.2, 0.25) is 5.02 Å². The Morgan fingerprint density at radius 2 is 1.86 bits per heavy atom. The van der Waals surface area contributed by atoms with E-state index in [0.717, 1.165) is 47.1 Å². The molecule has 5 heteroatoms. The van der Waals surface area contributed by atoms with Crippen molar-refractivity contribution >= 4 is 17.5 Å². The molecular weight excluding hydrogens is 382 g/mol. The highest BCUT2D eigenvalue weighted by molar-refractivity contribution is 6.31. The Balaban J connectivity index is 1.44. The molecule has 3 aromatic rings. The number of nitrogens with zero attached hydrogens (tertiary/aromatic N) is 3. The summed E-state index contributed by atoms with van der Waals surface area (Å²) in [6.07, 6.45) is 4.84. The van der Waals surface area contributed by atoms with Crippen LogP contribution in [0.25, 0.3) is 0 Å². The van der Waals surface area contributed by atoms with Crippen molar-refractivity contribution < 1.29 is 4.79 Å². The lowest BCUT2D eigenvalue weighted by molar-refractivity contribution is -0.131. The standard InChI is InChI=1S/C24H24ClN3O/c25-22-11-2-1-7-18(22)15-21-10-5-12-23(27-21)19-8-6-14-28(17-19)24(29)16-20-9-3-4-13-26-20/h1-5,7,9-13,19H,6,8,14-17H2/t19-/m1/s1. The first-order valence-electron chi connectivity index (χ1n) is 10.1. The number of rotatable bonds is 5. The molecule has 1 saturated heterocycles. The van der Waals surface area contributed by atoms with E-state index < -0.39 is 0 Å². The average molecular weight is 406 g/mol. The van der Waals surface area contributed by atoms with Gasteiger partial charge in [0.15, 0.2) is 0 Å². The number of pyridine rings is 2. The summed E-state index contributed by atoms with van der Waals surface area (Å²) in [6.45, 7) is 1.52. The number of halogens is 1. The molecule has 0 bridgehead atoms. The van der Waals surface area contributed by atoms with Crippen molar-refractivity contribution in [2.75, 3.05) is 13.1 Å². The first-order valence-corrected chi connectivity index (χ1v) is 10.4. The number of benzene rings is 1. The van der Waals surface area contributed by atoms with Gasteiger partial charge in [0, 0.05) is 53.7 Å². The highest BCUT2D eigenvalue weighted by atomic mass is 35.5. The predicted octanol–water partition coefficient (Wildman–Crippen LogP) is 4.67. The summed E-state index contributed by atoms with van der Waals surface area (Å²) in [5, 5.41) is 0.767. The maximum Gasteiger partial charge on any atom is 0.228 e. The minimum absolute atomic E-state index is 0.139. The van der Waals surface area contributed by atoms with E-state index in [-0.39, 0.29) is 11.8 Å². The van der Waals surface area contributed by atoms with Gasteiger partial charge in [-0.1, -0.05) is 41.9 Å². The average Bonchev–Trinajstić information content (AvgIpc) is 2.76. The maximum absolute atomic E-state index is 12.7. The zero-order chi connectivity index (χ0) is 20.1. The van der Waals surface area contributed by atoms with E-state index in [4.69, 9.17) is 16.6 Å². The lowest BCUT2D eigenvalue weighted by Gasteiger charge is -2.32. The van der Waals surface area contributed by atoms with Gasteiger partial charge in [0.1, 0.15) is 0 Å². The highest BCUT2D eigenvalue weighted by Crippen LogP contribution is 2.27. The van der Waals surface area contributed by atoms with Crippen LogP contribution in [0, 0.1) is 0 Å². The van der Waals surface area contributed by atoms with Crippen molar-refractivity contribution in [2.45, 2.75) is 31.6 Å². The van der Waals surface area contributed by atoms with Crippen molar-refractivity contribution in [1.29, 1.82) is 0 Å². The molecule has 0 aliphatic carbocycles. The summed E-state index contributed by atoms with van der Waals surface area (Å²) in [6, 6.07) is 19.7. The Bertz CT molecular complexity index is 977. The molecule has 29 heavy (non-hydrogen) atoms. The van der Waals surface area contributed by atoms with E-state index in [9.17, 15) is 4.79 Å². The van der Waals surface area contributed by atoms with Crippen molar-refractivity contribution in [1.82, 2.24) is 14.9 Å². The fraction of sp³-hybridized carbons (Fsp3) is 0.292. The number of piperidine rings is 1. The maximum atomic E-state index is 12.7. The summed E-state index contributed by atoms with van der Waals surface area (Å²) in [7, 11) is 0. The van der Waals surface area contributed by atoms with Crippen LogP contribution < -0.4 is 0 Å². The Hall–Kier alpha value is -2.72. The van der Waals surface area contributed by atoms with E-state index in [1.165, 1.54) is 0 Å². The quantitative estimate of drug-likeness (QED) is 0.619. The molecule has 4 nitrogen and oxygen atoms in total. The lowest BCUT2D eigenvalue weighted by Crippen LogP contribution is -2.40. The largest absolute Gasteiger partial charge is 0.342 e. The van der Waals surface area contributed by atoms with Crippen LogP contribution in [0.3, 0.4) is 0 Å². The second kappa shape index (κ2) is 9.19. The molecule has 1 fully saturated rings. The molecule has 1 amide bonds. The first kappa shape index (κ1) is 19.6. The molecule has 4 rings (SSSR count). The predicted molar refractivity (Wildman–Crippen MR) is 115 cm³/mol. The van der Waals surface area contributed by atoms with Gasteiger partial charge >= 0.3 is 0 Å². The second-order valence-electron chi connectivity index (χ2n) is 7.50. The van der Waals surface area contributed by atoms with Crippen molar-refractivity contribution in [3.8, 4) is 0 Å². The van der Waals surface area contributed by atoms with Gasteiger partial charge in [0.05, 0.1) is 6.42 Å². The van der Waals surface area contributed by atoms with Gasteiger partial charge in [-0.2, -0.15) is 0 Å². The van der Waals surface area contributed by atoms with Crippen LogP contribution in [0.5, 0.6) is 0 Å². The number of amides is 1. The third-order valence-electron chi connectivity index (χ3n) is 5.41. The smallest absolute Gasteiger partial charge is 0.228 e. The van der Waals surface area contributed by atoms with Crippen molar-refractivity contribution in [3.05, 3.63) is 94.5 Å². The van der Waals surface area contributed by atoms with E-state index >= 15 is 0 Å². The molecule has 1 atom stereocenters. The molecule has 1 aliphatic rings. The number of aromatic nitrogens is 2. The number of likely N-dealkylation sites (tertiary alicyclic amines) is 1. The molecule has 1 aliphatic heterocycles. The van der Waals surface area contributed by atoms with Crippen LogP contribution in [0.1, 0.15) is 41.4 Å². The van der Waals surface area contributed by atoms with Gasteiger partial charge in [-0.3, -0.25) is 14.8 Å². The van der Waals surface area contributed by atoms with Crippen molar-refractivity contribution in [3.63, 3.8) is 0 Å². The molecule has 0 N–H and O–H groups in total. The summed E-state index contributed by atoms with van der Waals surface area (Å²) >= 11 is 6.31. The molecule has 148 valence electrons. The molecule has 3 heterocycles. The Kier molecular flexibility index (Phi) is 6.20. The molecular formula is C24H24ClN3O. The monoisotopic (exact) mass is 405 g/mol. The summed E-state index contributed by atoms with van der Waals surface area (Å²) in [5.74, 6) is 0.406. The highest BCUT2D eigenvalue weighted by Gasteiger charge is 2.26. The third kappa shape index (κ3) is 5.01. The SMILES string of the molecule is O=C(Cc1ccccn1)N1CCC[C@@H](c2cccc(Cc3ccccc3Cl)n2)C1. The Labute approximate surface area is 176 Å². The Morgan fingerprint density at radius 3 is 2.69 bits per heavy atom. The van der Waals surface area contributed by atoms with Gasteiger partial charge in [-0.15, -0.1) is 0 Å². The molecule has 0 radical (unpaired) electrons. The van der Waals surface area contributed by atoms with Gasteiger partial charge in [-0.05, 0) is 48.7 Å². The van der Waals surface area contributed by atoms with Crippen LogP contribution in [-0.2, 0) is 17.6 Å². The number of hydrogen-bond donors (Lipinski definition) is 0. The minimum atomic E-state index is 0.139. The number of carbonyl (C=O) groups excluding carboxylic acids is 1. The van der Waals surface area contributed by atoms with E-state index in [2.05, 4.69) is 17.1 Å². The third-order valence-corrected chi connectivity index (χ3v) is 5.78. The zero-order valence-corrected chi connectivity index (χ0v) is 17.1. The Morgan fingerprint density at radius 1 is 1.03 bits per heavy atom. The van der Waals surface area contributed by atoms with E-state index in [0.29, 0.717) is 19.4 Å². The topological polar surface area (TPSA) is 46.1 Å². The van der Waals surface area contributed by atoms with Crippen LogP contribution in [-0.4, -0.2) is 33.9 Å². The van der Waals surface area contributed by atoms with Gasteiger partial charge < -0.3 is 4.90 Å². The van der Waals surface area contributed by atoms with Crippen LogP contribution in [0.15, 0.2) is 66.9 Å². The van der Waals surface area contributed by atoms with E-state index in [1.54, 1.807) is 6.20 Å². The van der Waals surface area contributed by atoms with Gasteiger partial charge in [0.25, 0.3) is 0 Å².